The number of esters is 1. The average Bonchev–Trinajstić information content (AvgIpc) is 2.49. The van der Waals surface area contributed by atoms with E-state index in [4.69, 9.17) is 27.9 Å². The van der Waals surface area contributed by atoms with E-state index in [0.29, 0.717) is 5.69 Å². The van der Waals surface area contributed by atoms with Crippen LogP contribution in [0.25, 0.3) is 0 Å². The summed E-state index contributed by atoms with van der Waals surface area (Å²) in [6, 6.07) is 11.5. The Kier molecular flexibility index (Phi) is 5.74. The quantitative estimate of drug-likeness (QED) is 0.579. The maximum atomic E-state index is 12.2. The second kappa shape index (κ2) is 7.42. The van der Waals surface area contributed by atoms with Crippen molar-refractivity contribution < 1.29 is 17.9 Å². The highest BCUT2D eigenvalue weighted by molar-refractivity contribution is 7.92. The van der Waals surface area contributed by atoms with Crippen molar-refractivity contribution in [1.82, 2.24) is 0 Å². The van der Waals surface area contributed by atoms with E-state index in [9.17, 15) is 13.2 Å². The zero-order chi connectivity index (χ0) is 17.9. The second-order valence-electron chi connectivity index (χ2n) is 5.08. The molecule has 128 valence electrons. The number of para-hydroxylation sites is 1. The number of halogens is 2. The van der Waals surface area contributed by atoms with Gasteiger partial charge in [0.2, 0.25) is 10.0 Å². The van der Waals surface area contributed by atoms with Crippen LogP contribution in [0.2, 0.25) is 10.0 Å². The highest BCUT2D eigenvalue weighted by Gasteiger charge is 2.23. The molecule has 0 N–H and O–H groups in total. The van der Waals surface area contributed by atoms with Crippen LogP contribution in [0.4, 0.5) is 5.69 Å². The van der Waals surface area contributed by atoms with Crippen molar-refractivity contribution in [1.29, 1.82) is 0 Å². The van der Waals surface area contributed by atoms with Crippen LogP contribution < -0.4 is 9.04 Å². The lowest BCUT2D eigenvalue weighted by atomic mass is 10.2. The van der Waals surface area contributed by atoms with E-state index in [1.807, 2.05) is 0 Å². The van der Waals surface area contributed by atoms with Gasteiger partial charge in [0.05, 0.1) is 17.0 Å². The molecule has 0 saturated carbocycles. The number of rotatable bonds is 5. The minimum atomic E-state index is -3.67. The molecule has 0 aliphatic carbocycles. The molecule has 0 bridgehead atoms. The normalized spacial score (nSPS) is 11.2. The summed E-state index contributed by atoms with van der Waals surface area (Å²) in [6.07, 6.45) is 1.03. The Balaban J connectivity index is 2.26. The third kappa shape index (κ3) is 4.41. The fourth-order valence-corrected chi connectivity index (χ4v) is 3.29. The first-order valence-corrected chi connectivity index (χ1v) is 9.48. The molecule has 5 nitrogen and oxygen atoms in total. The van der Waals surface area contributed by atoms with E-state index < -0.39 is 22.5 Å². The lowest BCUT2D eigenvalue weighted by Gasteiger charge is -2.23. The SMILES string of the molecule is Cc1ccccc1N(CC(=O)Oc1cccc(Cl)c1Cl)S(C)(=O)=O. The summed E-state index contributed by atoms with van der Waals surface area (Å²) >= 11 is 11.8. The highest BCUT2D eigenvalue weighted by atomic mass is 35.5. The number of nitrogens with zero attached hydrogens (tertiary/aromatic N) is 1. The number of aryl methyl sites for hydroxylation is 1. The van der Waals surface area contributed by atoms with Gasteiger partial charge < -0.3 is 4.74 Å². The van der Waals surface area contributed by atoms with E-state index in [-0.39, 0.29) is 15.8 Å². The monoisotopic (exact) mass is 387 g/mol. The molecule has 0 heterocycles. The van der Waals surface area contributed by atoms with Crippen molar-refractivity contribution in [3.63, 3.8) is 0 Å². The predicted octanol–water partition coefficient (Wildman–Crippen LogP) is 3.67. The molecule has 0 unspecified atom stereocenters. The number of benzene rings is 2. The molecule has 0 saturated heterocycles. The van der Waals surface area contributed by atoms with Gasteiger partial charge in [-0.3, -0.25) is 4.31 Å². The first kappa shape index (κ1) is 18.6. The minimum Gasteiger partial charge on any atom is -0.424 e. The Morgan fingerprint density at radius 1 is 1.12 bits per heavy atom. The van der Waals surface area contributed by atoms with Gasteiger partial charge in [-0.2, -0.15) is 0 Å². The fourth-order valence-electron chi connectivity index (χ4n) is 2.06. The molecule has 2 aromatic rings. The number of hydrogen-bond donors (Lipinski definition) is 0. The van der Waals surface area contributed by atoms with Crippen molar-refractivity contribution in [3.8, 4) is 5.75 Å². The van der Waals surface area contributed by atoms with Crippen LogP contribution in [-0.2, 0) is 14.8 Å². The van der Waals surface area contributed by atoms with E-state index in [2.05, 4.69) is 0 Å². The Labute approximate surface area is 150 Å². The van der Waals surface area contributed by atoms with Gasteiger partial charge in [0.1, 0.15) is 11.6 Å². The molecule has 0 spiro atoms. The molecule has 0 aromatic heterocycles. The van der Waals surface area contributed by atoms with Crippen molar-refractivity contribution >= 4 is 44.9 Å². The first-order chi connectivity index (χ1) is 11.2. The lowest BCUT2D eigenvalue weighted by molar-refractivity contribution is -0.132. The molecule has 2 rings (SSSR count). The molecule has 24 heavy (non-hydrogen) atoms. The van der Waals surface area contributed by atoms with Crippen LogP contribution in [0.15, 0.2) is 42.5 Å². The van der Waals surface area contributed by atoms with Crippen molar-refractivity contribution in [2.45, 2.75) is 6.92 Å². The summed E-state index contributed by atoms with van der Waals surface area (Å²) in [4.78, 5) is 12.2. The molecule has 2 aromatic carbocycles. The lowest BCUT2D eigenvalue weighted by Crippen LogP contribution is -2.37. The Bertz CT molecular complexity index is 868. The number of sulfonamides is 1. The Hall–Kier alpha value is -1.76. The van der Waals surface area contributed by atoms with Gasteiger partial charge in [-0.25, -0.2) is 13.2 Å². The molecular formula is C16H15Cl2NO4S. The van der Waals surface area contributed by atoms with E-state index in [0.717, 1.165) is 16.1 Å². The van der Waals surface area contributed by atoms with Crippen LogP contribution in [0, 0.1) is 6.92 Å². The van der Waals surface area contributed by atoms with Crippen molar-refractivity contribution in [2.24, 2.45) is 0 Å². The van der Waals surface area contributed by atoms with Gasteiger partial charge in [-0.15, -0.1) is 0 Å². The Morgan fingerprint density at radius 2 is 1.79 bits per heavy atom. The second-order valence-corrected chi connectivity index (χ2v) is 7.77. The zero-order valence-electron chi connectivity index (χ0n) is 13.0. The number of hydrogen-bond acceptors (Lipinski definition) is 4. The van der Waals surface area contributed by atoms with E-state index in [1.165, 1.54) is 6.07 Å². The van der Waals surface area contributed by atoms with Gasteiger partial charge in [0.25, 0.3) is 0 Å². The van der Waals surface area contributed by atoms with Crippen molar-refractivity contribution in [3.05, 3.63) is 58.1 Å². The van der Waals surface area contributed by atoms with Crippen LogP contribution in [-0.4, -0.2) is 27.2 Å². The summed E-state index contributed by atoms with van der Waals surface area (Å²) in [5.41, 5.74) is 1.13. The molecule has 8 heteroatoms. The number of ether oxygens (including phenoxy) is 1. The average molecular weight is 388 g/mol. The smallest absolute Gasteiger partial charge is 0.332 e. The Morgan fingerprint density at radius 3 is 2.42 bits per heavy atom. The van der Waals surface area contributed by atoms with Crippen LogP contribution in [0.3, 0.4) is 0 Å². The standard InChI is InChI=1S/C16H15Cl2NO4S/c1-11-6-3-4-8-13(11)19(24(2,21)22)10-15(20)23-14-9-5-7-12(17)16(14)18/h3-9H,10H2,1-2H3. The summed E-state index contributed by atoms with van der Waals surface area (Å²) in [6.45, 7) is 1.28. The molecule has 0 fully saturated rings. The van der Waals surface area contributed by atoms with Crippen LogP contribution in [0.1, 0.15) is 5.56 Å². The van der Waals surface area contributed by atoms with Gasteiger partial charge in [-0.05, 0) is 30.7 Å². The highest BCUT2D eigenvalue weighted by Crippen LogP contribution is 2.31. The maximum Gasteiger partial charge on any atom is 0.332 e. The van der Waals surface area contributed by atoms with Gasteiger partial charge in [0, 0.05) is 0 Å². The number of carbonyl (C=O) groups excluding carboxylic acids is 1. The molecule has 0 radical (unpaired) electrons. The molecule has 0 atom stereocenters. The minimum absolute atomic E-state index is 0.0763. The summed E-state index contributed by atoms with van der Waals surface area (Å²) in [5, 5.41) is 0.329. The largest absolute Gasteiger partial charge is 0.424 e. The number of carbonyl (C=O) groups is 1. The van der Waals surface area contributed by atoms with E-state index in [1.54, 1.807) is 43.3 Å². The van der Waals surface area contributed by atoms with Gasteiger partial charge >= 0.3 is 5.97 Å². The van der Waals surface area contributed by atoms with E-state index >= 15 is 0 Å². The van der Waals surface area contributed by atoms with Crippen molar-refractivity contribution in [2.75, 3.05) is 17.1 Å². The number of anilines is 1. The molecule has 0 aliphatic rings. The maximum absolute atomic E-state index is 12.2. The predicted molar refractivity (Wildman–Crippen MR) is 95.5 cm³/mol. The molecular weight excluding hydrogens is 373 g/mol. The summed E-state index contributed by atoms with van der Waals surface area (Å²) < 4.78 is 30.3. The zero-order valence-corrected chi connectivity index (χ0v) is 15.3. The third-order valence-electron chi connectivity index (χ3n) is 3.20. The summed E-state index contributed by atoms with van der Waals surface area (Å²) in [5.74, 6) is -0.694. The molecule has 0 aliphatic heterocycles. The topological polar surface area (TPSA) is 63.7 Å². The van der Waals surface area contributed by atoms with Gasteiger partial charge in [0.15, 0.2) is 5.75 Å². The first-order valence-electron chi connectivity index (χ1n) is 6.88. The molecule has 0 amide bonds. The fraction of sp³-hybridized carbons (Fsp3) is 0.188. The summed E-state index contributed by atoms with van der Waals surface area (Å²) in [7, 11) is -3.67. The van der Waals surface area contributed by atoms with Crippen LogP contribution in [0.5, 0.6) is 5.75 Å². The van der Waals surface area contributed by atoms with Crippen LogP contribution >= 0.6 is 23.2 Å². The van der Waals surface area contributed by atoms with Gasteiger partial charge in [-0.1, -0.05) is 47.5 Å². The third-order valence-corrected chi connectivity index (χ3v) is 5.13.